The largest absolute Gasteiger partial charge is 0.379 e. The van der Waals surface area contributed by atoms with Crippen LogP contribution in [0, 0.1) is 0 Å². The quantitative estimate of drug-likeness (QED) is 0.483. The number of benzene rings is 2. The number of hydrogen-bond donors (Lipinski definition) is 2. The number of hydrogen-bond acceptors (Lipinski definition) is 7. The van der Waals surface area contributed by atoms with Crippen molar-refractivity contribution in [3.05, 3.63) is 48.0 Å². The van der Waals surface area contributed by atoms with Crippen LogP contribution in [0.1, 0.15) is 10.4 Å². The van der Waals surface area contributed by atoms with Crippen LogP contribution in [0.5, 0.6) is 0 Å². The molecule has 1 aliphatic heterocycles. The number of carbonyl (C=O) groups excluding carboxylic acids is 1. The molecular formula is C22H24N6O2S. The first-order valence-corrected chi connectivity index (χ1v) is 11.2. The van der Waals surface area contributed by atoms with E-state index >= 15 is 0 Å². The first-order valence-electron chi connectivity index (χ1n) is 10.3. The van der Waals surface area contributed by atoms with Gasteiger partial charge in [-0.15, -0.1) is 0 Å². The Labute approximate surface area is 183 Å². The molecule has 2 N–H and O–H groups in total. The van der Waals surface area contributed by atoms with Crippen molar-refractivity contribution < 1.29 is 9.53 Å². The third-order valence-corrected chi connectivity index (χ3v) is 6.41. The Kier molecular flexibility index (Phi) is 5.54. The Balaban J connectivity index is 1.27. The Morgan fingerprint density at radius 2 is 1.97 bits per heavy atom. The summed E-state index contributed by atoms with van der Waals surface area (Å²) >= 11 is 1.51. The van der Waals surface area contributed by atoms with Crippen molar-refractivity contribution >= 4 is 49.6 Å². The molecule has 8 nitrogen and oxygen atoms in total. The summed E-state index contributed by atoms with van der Waals surface area (Å²) in [6.45, 7) is 4.83. The number of fused-ring (bicyclic) bond motifs is 2. The summed E-state index contributed by atoms with van der Waals surface area (Å²) in [6, 6.07) is 13.6. The predicted octanol–water partition coefficient (Wildman–Crippen LogP) is 2.99. The van der Waals surface area contributed by atoms with E-state index in [1.54, 1.807) is 0 Å². The topological polar surface area (TPSA) is 84.3 Å². The molecule has 4 aromatic rings. The molecule has 31 heavy (non-hydrogen) atoms. The molecule has 3 heterocycles. The number of nitrogens with zero attached hydrogens (tertiary/aromatic N) is 4. The highest BCUT2D eigenvalue weighted by atomic mass is 32.1. The third kappa shape index (κ3) is 4.25. The molecule has 2 aromatic heterocycles. The lowest BCUT2D eigenvalue weighted by atomic mass is 10.2. The zero-order valence-corrected chi connectivity index (χ0v) is 18.1. The number of carbonyl (C=O) groups is 1. The van der Waals surface area contributed by atoms with Gasteiger partial charge in [0.1, 0.15) is 0 Å². The zero-order valence-electron chi connectivity index (χ0n) is 17.3. The van der Waals surface area contributed by atoms with E-state index in [1.165, 1.54) is 11.3 Å². The van der Waals surface area contributed by atoms with Gasteiger partial charge in [0.15, 0.2) is 5.13 Å². The molecule has 0 bridgehead atoms. The van der Waals surface area contributed by atoms with E-state index < -0.39 is 0 Å². The standard InChI is InChI=1S/C22H24N6O2S/c1-27-18-5-3-2-4-16(18)24-21(27)26-22-25-17-7-6-15(14-19(17)31-22)20(29)23-8-9-28-10-12-30-13-11-28/h2-7,14H,8-13H2,1H3,(H,23,29)(H,24,25,26). The number of amides is 1. The molecule has 1 fully saturated rings. The minimum Gasteiger partial charge on any atom is -0.379 e. The van der Waals surface area contributed by atoms with Crippen molar-refractivity contribution in [2.24, 2.45) is 7.05 Å². The highest BCUT2D eigenvalue weighted by Crippen LogP contribution is 2.29. The molecule has 1 saturated heterocycles. The molecule has 0 atom stereocenters. The first-order chi connectivity index (χ1) is 15.2. The van der Waals surface area contributed by atoms with Crippen molar-refractivity contribution in [2.45, 2.75) is 0 Å². The number of para-hydroxylation sites is 2. The number of rotatable bonds is 6. The molecule has 0 radical (unpaired) electrons. The van der Waals surface area contributed by atoms with Gasteiger partial charge in [0, 0.05) is 38.8 Å². The Bertz CT molecular complexity index is 1230. The van der Waals surface area contributed by atoms with Crippen molar-refractivity contribution in [1.82, 2.24) is 24.8 Å². The maximum Gasteiger partial charge on any atom is 0.251 e. The van der Waals surface area contributed by atoms with Crippen LogP contribution in [0.4, 0.5) is 11.1 Å². The maximum absolute atomic E-state index is 12.6. The van der Waals surface area contributed by atoms with Crippen molar-refractivity contribution in [3.63, 3.8) is 0 Å². The lowest BCUT2D eigenvalue weighted by molar-refractivity contribution is 0.0383. The molecular weight excluding hydrogens is 412 g/mol. The van der Waals surface area contributed by atoms with E-state index in [1.807, 2.05) is 54.1 Å². The summed E-state index contributed by atoms with van der Waals surface area (Å²) in [7, 11) is 1.98. The van der Waals surface area contributed by atoms with Crippen molar-refractivity contribution in [2.75, 3.05) is 44.7 Å². The van der Waals surface area contributed by atoms with Gasteiger partial charge in [-0.2, -0.15) is 0 Å². The van der Waals surface area contributed by atoms with E-state index in [9.17, 15) is 4.79 Å². The summed E-state index contributed by atoms with van der Waals surface area (Å²) in [6.07, 6.45) is 0. The van der Waals surface area contributed by atoms with Gasteiger partial charge in [0.05, 0.1) is 34.5 Å². The maximum atomic E-state index is 12.6. The van der Waals surface area contributed by atoms with Crippen LogP contribution < -0.4 is 10.6 Å². The minimum atomic E-state index is -0.0616. The molecule has 1 amide bonds. The molecule has 9 heteroatoms. The number of nitrogens with one attached hydrogen (secondary N) is 2. The highest BCUT2D eigenvalue weighted by Gasteiger charge is 2.14. The molecule has 0 aliphatic carbocycles. The molecule has 160 valence electrons. The molecule has 2 aromatic carbocycles. The van der Waals surface area contributed by atoms with E-state index in [4.69, 9.17) is 4.74 Å². The van der Waals surface area contributed by atoms with Gasteiger partial charge in [-0.1, -0.05) is 23.5 Å². The SMILES string of the molecule is Cn1c(Nc2nc3ccc(C(=O)NCCN4CCOCC4)cc3s2)nc2ccccc21. The molecule has 0 unspecified atom stereocenters. The Morgan fingerprint density at radius 1 is 1.13 bits per heavy atom. The zero-order chi connectivity index (χ0) is 21.2. The van der Waals surface area contributed by atoms with Gasteiger partial charge in [-0.25, -0.2) is 9.97 Å². The summed E-state index contributed by atoms with van der Waals surface area (Å²) in [5.41, 5.74) is 3.50. The van der Waals surface area contributed by atoms with Gasteiger partial charge in [-0.05, 0) is 30.3 Å². The fourth-order valence-electron chi connectivity index (χ4n) is 3.73. The van der Waals surface area contributed by atoms with Crippen LogP contribution in [0.25, 0.3) is 21.3 Å². The fraction of sp³-hybridized carbons (Fsp3) is 0.318. The lowest BCUT2D eigenvalue weighted by Gasteiger charge is -2.26. The second-order valence-corrected chi connectivity index (χ2v) is 8.55. The second kappa shape index (κ2) is 8.62. The van der Waals surface area contributed by atoms with Crippen LogP contribution in [0.2, 0.25) is 0 Å². The Morgan fingerprint density at radius 3 is 2.81 bits per heavy atom. The van der Waals surface area contributed by atoms with Gasteiger partial charge < -0.3 is 19.9 Å². The number of aromatic nitrogens is 3. The fourth-order valence-corrected chi connectivity index (χ4v) is 4.63. The van der Waals surface area contributed by atoms with E-state index in [0.717, 1.165) is 65.2 Å². The van der Waals surface area contributed by atoms with Gasteiger partial charge in [0.25, 0.3) is 5.91 Å². The monoisotopic (exact) mass is 436 g/mol. The van der Waals surface area contributed by atoms with Gasteiger partial charge in [-0.3, -0.25) is 9.69 Å². The van der Waals surface area contributed by atoms with Crippen LogP contribution in [0.3, 0.4) is 0 Å². The molecule has 1 aliphatic rings. The van der Waals surface area contributed by atoms with E-state index in [2.05, 4.69) is 25.5 Å². The van der Waals surface area contributed by atoms with Crippen molar-refractivity contribution in [3.8, 4) is 0 Å². The van der Waals surface area contributed by atoms with Crippen LogP contribution in [-0.2, 0) is 11.8 Å². The highest BCUT2D eigenvalue weighted by molar-refractivity contribution is 7.22. The van der Waals surface area contributed by atoms with Crippen LogP contribution in [-0.4, -0.2) is 64.7 Å². The smallest absolute Gasteiger partial charge is 0.251 e. The summed E-state index contributed by atoms with van der Waals surface area (Å²) < 4.78 is 8.32. The molecule has 0 spiro atoms. The normalized spacial score (nSPS) is 14.9. The van der Waals surface area contributed by atoms with Crippen LogP contribution in [0.15, 0.2) is 42.5 Å². The number of imidazole rings is 1. The van der Waals surface area contributed by atoms with Gasteiger partial charge >= 0.3 is 0 Å². The third-order valence-electron chi connectivity index (χ3n) is 5.47. The average molecular weight is 437 g/mol. The summed E-state index contributed by atoms with van der Waals surface area (Å²) in [5.74, 6) is 0.676. The molecule has 0 saturated carbocycles. The predicted molar refractivity (Wildman–Crippen MR) is 123 cm³/mol. The van der Waals surface area contributed by atoms with E-state index in [-0.39, 0.29) is 5.91 Å². The van der Waals surface area contributed by atoms with E-state index in [0.29, 0.717) is 12.1 Å². The second-order valence-electron chi connectivity index (χ2n) is 7.52. The Hall–Kier alpha value is -3.01. The number of ether oxygens (including phenoxy) is 1. The van der Waals surface area contributed by atoms with Gasteiger partial charge in [0.2, 0.25) is 5.95 Å². The van der Waals surface area contributed by atoms with Crippen LogP contribution >= 0.6 is 11.3 Å². The summed E-state index contributed by atoms with van der Waals surface area (Å²) in [5, 5.41) is 7.08. The molecule has 5 rings (SSSR count). The number of thiazole rings is 1. The summed E-state index contributed by atoms with van der Waals surface area (Å²) in [4.78, 5) is 24.2. The average Bonchev–Trinajstić information content (AvgIpc) is 3.34. The minimum absolute atomic E-state index is 0.0616. The first kappa shape index (κ1) is 19.9. The number of anilines is 2. The number of aryl methyl sites for hydroxylation is 1. The number of morpholine rings is 1. The lowest BCUT2D eigenvalue weighted by Crippen LogP contribution is -2.41. The van der Waals surface area contributed by atoms with Crippen molar-refractivity contribution in [1.29, 1.82) is 0 Å².